The Morgan fingerprint density at radius 1 is 1.19 bits per heavy atom. The summed E-state index contributed by atoms with van der Waals surface area (Å²) in [6.45, 7) is 1.62. The summed E-state index contributed by atoms with van der Waals surface area (Å²) in [5.74, 6) is -0.337. The van der Waals surface area contributed by atoms with Crippen molar-refractivity contribution in [3.05, 3.63) is 47.8 Å². The summed E-state index contributed by atoms with van der Waals surface area (Å²) in [5, 5.41) is 0. The number of aryl methyl sites for hydroxylation is 1. The predicted molar refractivity (Wildman–Crippen MR) is 79.4 cm³/mol. The van der Waals surface area contributed by atoms with Gasteiger partial charge >= 0.3 is 0 Å². The SMILES string of the molecule is COc1ccc(F)c(NS(=O)(=O)c2ccc(N)cc2C)c1. The molecule has 0 saturated heterocycles. The summed E-state index contributed by atoms with van der Waals surface area (Å²) in [7, 11) is -2.50. The van der Waals surface area contributed by atoms with Crippen molar-refractivity contribution >= 4 is 21.4 Å². The molecule has 0 heterocycles. The van der Waals surface area contributed by atoms with Gasteiger partial charge in [-0.25, -0.2) is 12.8 Å². The summed E-state index contributed by atoms with van der Waals surface area (Å²) < 4.78 is 45.5. The molecule has 0 aliphatic carbocycles. The summed E-state index contributed by atoms with van der Waals surface area (Å²) in [6.07, 6.45) is 0. The number of rotatable bonds is 4. The van der Waals surface area contributed by atoms with Crippen LogP contribution in [0.3, 0.4) is 0 Å². The van der Waals surface area contributed by atoms with E-state index in [-0.39, 0.29) is 10.6 Å². The van der Waals surface area contributed by atoms with E-state index in [4.69, 9.17) is 10.5 Å². The molecule has 0 aliphatic heterocycles. The van der Waals surface area contributed by atoms with E-state index in [1.165, 1.54) is 37.4 Å². The van der Waals surface area contributed by atoms with Crippen LogP contribution in [0.4, 0.5) is 15.8 Å². The fourth-order valence-electron chi connectivity index (χ4n) is 1.88. The number of methoxy groups -OCH3 is 1. The summed E-state index contributed by atoms with van der Waals surface area (Å²) in [5.41, 5.74) is 6.35. The Hall–Kier alpha value is -2.28. The molecule has 0 radical (unpaired) electrons. The first-order chi connectivity index (χ1) is 9.83. The maximum atomic E-state index is 13.7. The number of anilines is 2. The molecule has 2 rings (SSSR count). The van der Waals surface area contributed by atoms with Crippen LogP contribution in [-0.4, -0.2) is 15.5 Å². The zero-order valence-corrected chi connectivity index (χ0v) is 12.4. The van der Waals surface area contributed by atoms with Crippen molar-refractivity contribution in [1.29, 1.82) is 0 Å². The van der Waals surface area contributed by atoms with Crippen LogP contribution in [0.15, 0.2) is 41.3 Å². The van der Waals surface area contributed by atoms with Gasteiger partial charge in [-0.2, -0.15) is 0 Å². The van der Waals surface area contributed by atoms with Crippen LogP contribution >= 0.6 is 0 Å². The number of nitrogens with two attached hydrogens (primary N) is 1. The van der Waals surface area contributed by atoms with Crippen LogP contribution in [-0.2, 0) is 10.0 Å². The molecule has 0 fully saturated rings. The summed E-state index contributed by atoms with van der Waals surface area (Å²) >= 11 is 0. The van der Waals surface area contributed by atoms with Gasteiger partial charge in [-0.15, -0.1) is 0 Å². The number of hydrogen-bond acceptors (Lipinski definition) is 4. The lowest BCUT2D eigenvalue weighted by atomic mass is 10.2. The van der Waals surface area contributed by atoms with E-state index in [1.54, 1.807) is 6.92 Å². The van der Waals surface area contributed by atoms with Crippen molar-refractivity contribution in [3.63, 3.8) is 0 Å². The van der Waals surface area contributed by atoms with Crippen molar-refractivity contribution < 1.29 is 17.5 Å². The van der Waals surface area contributed by atoms with Gasteiger partial charge in [-0.1, -0.05) is 0 Å². The molecule has 112 valence electrons. The molecule has 5 nitrogen and oxygen atoms in total. The molecule has 0 aliphatic rings. The predicted octanol–water partition coefficient (Wildman–Crippen LogP) is 2.53. The maximum Gasteiger partial charge on any atom is 0.262 e. The molecule has 0 bridgehead atoms. The Morgan fingerprint density at radius 3 is 2.52 bits per heavy atom. The summed E-state index contributed by atoms with van der Waals surface area (Å²) in [6, 6.07) is 8.21. The molecule has 3 N–H and O–H groups in total. The lowest BCUT2D eigenvalue weighted by molar-refractivity contribution is 0.414. The van der Waals surface area contributed by atoms with E-state index in [0.717, 1.165) is 6.07 Å². The Balaban J connectivity index is 2.42. The van der Waals surface area contributed by atoms with Gasteiger partial charge in [0, 0.05) is 11.8 Å². The number of nitrogens with one attached hydrogen (secondary N) is 1. The van der Waals surface area contributed by atoms with Crippen LogP contribution in [0.25, 0.3) is 0 Å². The maximum absolute atomic E-state index is 13.7. The molecular weight excluding hydrogens is 295 g/mol. The van der Waals surface area contributed by atoms with Crippen molar-refractivity contribution in [2.24, 2.45) is 0 Å². The van der Waals surface area contributed by atoms with Gasteiger partial charge in [0.25, 0.3) is 10.0 Å². The van der Waals surface area contributed by atoms with Crippen LogP contribution in [0.1, 0.15) is 5.56 Å². The lowest BCUT2D eigenvalue weighted by Gasteiger charge is -2.12. The van der Waals surface area contributed by atoms with E-state index in [2.05, 4.69) is 4.72 Å². The van der Waals surface area contributed by atoms with E-state index in [0.29, 0.717) is 17.0 Å². The minimum absolute atomic E-state index is 0.0407. The minimum atomic E-state index is -3.91. The normalized spacial score (nSPS) is 11.2. The quantitative estimate of drug-likeness (QED) is 0.850. The van der Waals surface area contributed by atoms with Gasteiger partial charge < -0.3 is 10.5 Å². The molecule has 2 aromatic rings. The third kappa shape index (κ3) is 3.25. The van der Waals surface area contributed by atoms with Gasteiger partial charge in [-0.05, 0) is 42.8 Å². The highest BCUT2D eigenvalue weighted by Gasteiger charge is 2.19. The number of halogens is 1. The highest BCUT2D eigenvalue weighted by molar-refractivity contribution is 7.92. The minimum Gasteiger partial charge on any atom is -0.497 e. The van der Waals surface area contributed by atoms with Gasteiger partial charge in [0.05, 0.1) is 17.7 Å². The third-order valence-corrected chi connectivity index (χ3v) is 4.43. The van der Waals surface area contributed by atoms with Crippen LogP contribution in [0.2, 0.25) is 0 Å². The molecule has 7 heteroatoms. The molecule has 21 heavy (non-hydrogen) atoms. The number of hydrogen-bond donors (Lipinski definition) is 2. The van der Waals surface area contributed by atoms with Crippen molar-refractivity contribution in [3.8, 4) is 5.75 Å². The second kappa shape index (κ2) is 5.61. The summed E-state index contributed by atoms with van der Waals surface area (Å²) in [4.78, 5) is 0.0407. The smallest absolute Gasteiger partial charge is 0.262 e. The number of sulfonamides is 1. The molecule has 0 saturated carbocycles. The Labute approximate surface area is 122 Å². The molecular formula is C14H15FN2O3S. The largest absolute Gasteiger partial charge is 0.497 e. The third-order valence-electron chi connectivity index (χ3n) is 2.91. The average molecular weight is 310 g/mol. The van der Waals surface area contributed by atoms with Crippen molar-refractivity contribution in [2.45, 2.75) is 11.8 Å². The highest BCUT2D eigenvalue weighted by atomic mass is 32.2. The fourth-order valence-corrected chi connectivity index (χ4v) is 3.17. The van der Waals surface area contributed by atoms with Gasteiger partial charge in [0.2, 0.25) is 0 Å². The first-order valence-electron chi connectivity index (χ1n) is 6.06. The molecule has 0 unspecified atom stereocenters. The van der Waals surface area contributed by atoms with Gasteiger partial charge in [0.15, 0.2) is 0 Å². The first kappa shape index (κ1) is 15.1. The second-order valence-corrected chi connectivity index (χ2v) is 6.13. The van der Waals surface area contributed by atoms with E-state index < -0.39 is 15.8 Å². The number of nitrogen functional groups attached to an aromatic ring is 1. The Kier molecular flexibility index (Phi) is 4.04. The molecule has 0 atom stereocenters. The van der Waals surface area contributed by atoms with Crippen molar-refractivity contribution in [1.82, 2.24) is 0 Å². The first-order valence-corrected chi connectivity index (χ1v) is 7.54. The monoisotopic (exact) mass is 310 g/mol. The van der Waals surface area contributed by atoms with Gasteiger partial charge in [-0.3, -0.25) is 4.72 Å². The molecule has 0 aromatic heterocycles. The zero-order valence-electron chi connectivity index (χ0n) is 11.6. The Morgan fingerprint density at radius 2 is 1.90 bits per heavy atom. The highest BCUT2D eigenvalue weighted by Crippen LogP contribution is 2.25. The number of ether oxygens (including phenoxy) is 1. The standard InChI is InChI=1S/C14H15FN2O3S/c1-9-7-10(16)3-6-14(9)21(18,19)17-13-8-11(20-2)4-5-12(13)15/h3-8,17H,16H2,1-2H3. The van der Waals surface area contributed by atoms with E-state index in [1.807, 2.05) is 0 Å². The van der Waals surface area contributed by atoms with Crippen LogP contribution in [0, 0.1) is 12.7 Å². The fraction of sp³-hybridized carbons (Fsp3) is 0.143. The molecule has 0 spiro atoms. The van der Waals surface area contributed by atoms with Crippen LogP contribution < -0.4 is 15.2 Å². The van der Waals surface area contributed by atoms with Gasteiger partial charge in [0.1, 0.15) is 11.6 Å². The van der Waals surface area contributed by atoms with Crippen molar-refractivity contribution in [2.75, 3.05) is 17.6 Å². The van der Waals surface area contributed by atoms with Crippen LogP contribution in [0.5, 0.6) is 5.75 Å². The van der Waals surface area contributed by atoms with E-state index >= 15 is 0 Å². The average Bonchev–Trinajstić information content (AvgIpc) is 2.40. The topological polar surface area (TPSA) is 81.4 Å². The van der Waals surface area contributed by atoms with E-state index in [9.17, 15) is 12.8 Å². The zero-order chi connectivity index (χ0) is 15.6. The Bertz CT molecular complexity index is 776. The molecule has 2 aromatic carbocycles. The lowest BCUT2D eigenvalue weighted by Crippen LogP contribution is -2.15. The molecule has 0 amide bonds. The second-order valence-electron chi connectivity index (χ2n) is 4.48. The number of benzene rings is 2.